The maximum Gasteiger partial charge on any atom is 0.258 e. The van der Waals surface area contributed by atoms with Crippen LogP contribution in [-0.2, 0) is 6.54 Å². The van der Waals surface area contributed by atoms with E-state index < -0.39 is 0 Å². The molecule has 0 radical (unpaired) electrons. The van der Waals surface area contributed by atoms with E-state index in [1.54, 1.807) is 4.57 Å². The van der Waals surface area contributed by atoms with Gasteiger partial charge in [0.25, 0.3) is 5.56 Å². The molecule has 1 heterocycles. The first-order valence-corrected chi connectivity index (χ1v) is 7.13. The zero-order valence-corrected chi connectivity index (χ0v) is 12.0. The van der Waals surface area contributed by atoms with Crippen molar-refractivity contribution in [1.29, 1.82) is 0 Å². The molecule has 0 fully saturated rings. The monoisotopic (exact) mass is 278 g/mol. The molecule has 0 unspecified atom stereocenters. The standard InChI is InChI=1S/C18H18N2O/c1-14-5-4-7-16(13-14)19-10-12-20-11-9-15-6-2-3-8-17(15)18(20)21/h2-9,11,13,19H,10,12H2,1H3. The number of rotatable bonds is 4. The van der Waals surface area contributed by atoms with E-state index in [2.05, 4.69) is 24.4 Å². The number of benzene rings is 2. The van der Waals surface area contributed by atoms with E-state index in [0.717, 1.165) is 23.0 Å². The maximum absolute atomic E-state index is 12.4. The van der Waals surface area contributed by atoms with Gasteiger partial charge >= 0.3 is 0 Å². The van der Waals surface area contributed by atoms with Gasteiger partial charge < -0.3 is 9.88 Å². The zero-order valence-electron chi connectivity index (χ0n) is 12.0. The van der Waals surface area contributed by atoms with Crippen LogP contribution in [0.15, 0.2) is 65.6 Å². The minimum atomic E-state index is 0.0687. The molecule has 3 heteroatoms. The molecule has 21 heavy (non-hydrogen) atoms. The smallest absolute Gasteiger partial charge is 0.258 e. The zero-order chi connectivity index (χ0) is 14.7. The molecular formula is C18H18N2O. The lowest BCUT2D eigenvalue weighted by Crippen LogP contribution is -2.23. The Labute approximate surface area is 123 Å². The molecule has 3 rings (SSSR count). The molecule has 106 valence electrons. The quantitative estimate of drug-likeness (QED) is 0.793. The van der Waals surface area contributed by atoms with E-state index in [9.17, 15) is 4.79 Å². The lowest BCUT2D eigenvalue weighted by molar-refractivity contribution is 0.704. The van der Waals surface area contributed by atoms with Gasteiger partial charge in [-0.15, -0.1) is 0 Å². The minimum absolute atomic E-state index is 0.0687. The van der Waals surface area contributed by atoms with Crippen molar-refractivity contribution in [3.05, 3.63) is 76.7 Å². The normalized spacial score (nSPS) is 10.7. The third kappa shape index (κ3) is 2.97. The highest BCUT2D eigenvalue weighted by Crippen LogP contribution is 2.10. The van der Waals surface area contributed by atoms with E-state index >= 15 is 0 Å². The second-order valence-electron chi connectivity index (χ2n) is 5.20. The highest BCUT2D eigenvalue weighted by molar-refractivity contribution is 5.81. The van der Waals surface area contributed by atoms with Crippen LogP contribution in [0.25, 0.3) is 10.8 Å². The molecule has 1 N–H and O–H groups in total. The molecule has 0 aliphatic rings. The van der Waals surface area contributed by atoms with Gasteiger partial charge in [-0.2, -0.15) is 0 Å². The first-order chi connectivity index (χ1) is 10.2. The van der Waals surface area contributed by atoms with Crippen LogP contribution in [0.2, 0.25) is 0 Å². The van der Waals surface area contributed by atoms with Crippen molar-refractivity contribution in [1.82, 2.24) is 4.57 Å². The van der Waals surface area contributed by atoms with E-state index in [-0.39, 0.29) is 5.56 Å². The SMILES string of the molecule is Cc1cccc(NCCn2ccc3ccccc3c2=O)c1. The first kappa shape index (κ1) is 13.4. The molecular weight excluding hydrogens is 260 g/mol. The molecule has 0 saturated carbocycles. The fraction of sp³-hybridized carbons (Fsp3) is 0.167. The van der Waals surface area contributed by atoms with Crippen LogP contribution in [0.5, 0.6) is 0 Å². The van der Waals surface area contributed by atoms with Crippen LogP contribution in [0.4, 0.5) is 5.69 Å². The molecule has 0 aliphatic carbocycles. The van der Waals surface area contributed by atoms with Crippen molar-refractivity contribution < 1.29 is 0 Å². The minimum Gasteiger partial charge on any atom is -0.383 e. The lowest BCUT2D eigenvalue weighted by atomic mass is 10.2. The average Bonchev–Trinajstić information content (AvgIpc) is 2.50. The van der Waals surface area contributed by atoms with Crippen LogP contribution < -0.4 is 10.9 Å². The van der Waals surface area contributed by atoms with Gasteiger partial charge in [0.15, 0.2) is 0 Å². The summed E-state index contributed by atoms with van der Waals surface area (Å²) in [5, 5.41) is 5.11. The Morgan fingerprint density at radius 3 is 2.76 bits per heavy atom. The van der Waals surface area contributed by atoms with E-state index in [1.807, 2.05) is 48.7 Å². The number of hydrogen-bond acceptors (Lipinski definition) is 2. The largest absolute Gasteiger partial charge is 0.383 e. The topological polar surface area (TPSA) is 34.0 Å². The summed E-state index contributed by atoms with van der Waals surface area (Å²) in [5.41, 5.74) is 2.38. The Balaban J connectivity index is 1.74. The summed E-state index contributed by atoms with van der Waals surface area (Å²) in [6.07, 6.45) is 1.86. The summed E-state index contributed by atoms with van der Waals surface area (Å²) in [7, 11) is 0. The summed E-state index contributed by atoms with van der Waals surface area (Å²) in [4.78, 5) is 12.4. The number of hydrogen-bond donors (Lipinski definition) is 1. The van der Waals surface area contributed by atoms with Gasteiger partial charge in [-0.05, 0) is 42.1 Å². The first-order valence-electron chi connectivity index (χ1n) is 7.13. The molecule has 3 aromatic rings. The van der Waals surface area contributed by atoms with Gasteiger partial charge in [0, 0.05) is 30.4 Å². The van der Waals surface area contributed by atoms with E-state index in [4.69, 9.17) is 0 Å². The van der Waals surface area contributed by atoms with Crippen LogP contribution >= 0.6 is 0 Å². The van der Waals surface area contributed by atoms with Crippen molar-refractivity contribution in [3.8, 4) is 0 Å². The van der Waals surface area contributed by atoms with Crippen LogP contribution in [-0.4, -0.2) is 11.1 Å². The fourth-order valence-corrected chi connectivity index (χ4v) is 2.48. The van der Waals surface area contributed by atoms with Gasteiger partial charge in [-0.3, -0.25) is 4.79 Å². The molecule has 2 aromatic carbocycles. The molecule has 0 spiro atoms. The molecule has 0 bridgehead atoms. The lowest BCUT2D eigenvalue weighted by Gasteiger charge is -2.10. The molecule has 3 nitrogen and oxygen atoms in total. The molecule has 1 aromatic heterocycles. The van der Waals surface area contributed by atoms with Crippen molar-refractivity contribution >= 4 is 16.5 Å². The Hall–Kier alpha value is -2.55. The Morgan fingerprint density at radius 2 is 1.90 bits per heavy atom. The number of fused-ring (bicyclic) bond motifs is 1. The maximum atomic E-state index is 12.4. The molecule has 0 amide bonds. The second kappa shape index (κ2) is 5.83. The summed E-state index contributed by atoms with van der Waals surface area (Å²) >= 11 is 0. The van der Waals surface area contributed by atoms with Crippen LogP contribution in [0.3, 0.4) is 0 Å². The summed E-state index contributed by atoms with van der Waals surface area (Å²) in [6.45, 7) is 3.44. The fourth-order valence-electron chi connectivity index (χ4n) is 2.48. The summed E-state index contributed by atoms with van der Waals surface area (Å²) < 4.78 is 1.76. The number of nitrogens with zero attached hydrogens (tertiary/aromatic N) is 1. The molecule has 0 atom stereocenters. The average molecular weight is 278 g/mol. The highest BCUT2D eigenvalue weighted by Gasteiger charge is 2.01. The number of pyridine rings is 1. The number of anilines is 1. The third-order valence-corrected chi connectivity index (χ3v) is 3.59. The highest BCUT2D eigenvalue weighted by atomic mass is 16.1. The van der Waals surface area contributed by atoms with Gasteiger partial charge in [0.05, 0.1) is 0 Å². The van der Waals surface area contributed by atoms with Crippen molar-refractivity contribution in [3.63, 3.8) is 0 Å². The number of nitrogens with one attached hydrogen (secondary N) is 1. The Morgan fingerprint density at radius 1 is 1.05 bits per heavy atom. The van der Waals surface area contributed by atoms with Crippen molar-refractivity contribution in [2.45, 2.75) is 13.5 Å². The van der Waals surface area contributed by atoms with Gasteiger partial charge in [0.2, 0.25) is 0 Å². The third-order valence-electron chi connectivity index (χ3n) is 3.59. The van der Waals surface area contributed by atoms with Gasteiger partial charge in [-0.25, -0.2) is 0 Å². The van der Waals surface area contributed by atoms with Gasteiger partial charge in [-0.1, -0.05) is 30.3 Å². The van der Waals surface area contributed by atoms with Crippen molar-refractivity contribution in [2.75, 3.05) is 11.9 Å². The number of aryl methyl sites for hydroxylation is 1. The van der Waals surface area contributed by atoms with Gasteiger partial charge in [0.1, 0.15) is 0 Å². The Bertz CT molecular complexity index is 821. The summed E-state index contributed by atoms with van der Waals surface area (Å²) in [5.74, 6) is 0. The Kier molecular flexibility index (Phi) is 3.73. The van der Waals surface area contributed by atoms with E-state index in [0.29, 0.717) is 6.54 Å². The van der Waals surface area contributed by atoms with Crippen molar-refractivity contribution in [2.24, 2.45) is 0 Å². The predicted octanol–water partition coefficient (Wildman–Crippen LogP) is 3.42. The van der Waals surface area contributed by atoms with Crippen LogP contribution in [0.1, 0.15) is 5.56 Å². The predicted molar refractivity (Wildman–Crippen MR) is 87.9 cm³/mol. The second-order valence-corrected chi connectivity index (χ2v) is 5.20. The van der Waals surface area contributed by atoms with Crippen LogP contribution in [0, 0.1) is 6.92 Å². The molecule has 0 aliphatic heterocycles. The number of aromatic nitrogens is 1. The van der Waals surface area contributed by atoms with E-state index in [1.165, 1.54) is 5.56 Å². The molecule has 0 saturated heterocycles. The summed E-state index contributed by atoms with van der Waals surface area (Å²) in [6, 6.07) is 17.9.